The van der Waals surface area contributed by atoms with Crippen LogP contribution in [0.1, 0.15) is 0 Å². The number of halogens is 1. The van der Waals surface area contributed by atoms with E-state index in [1.165, 1.54) is 13.3 Å². The molecule has 0 aromatic carbocycles. The van der Waals surface area contributed by atoms with Crippen molar-refractivity contribution in [2.45, 2.75) is 0 Å². The lowest BCUT2D eigenvalue weighted by Gasteiger charge is -1.86. The van der Waals surface area contributed by atoms with Crippen LogP contribution in [-0.4, -0.2) is 27.3 Å². The van der Waals surface area contributed by atoms with Gasteiger partial charge >= 0.3 is 0 Å². The molecule has 2 heterocycles. The summed E-state index contributed by atoms with van der Waals surface area (Å²) in [7, 11) is 1.52. The SMILES string of the molecule is COc1nc2c(Cl)nncc2[nH]1. The van der Waals surface area contributed by atoms with E-state index in [9.17, 15) is 0 Å². The Morgan fingerprint density at radius 1 is 1.58 bits per heavy atom. The maximum absolute atomic E-state index is 5.72. The maximum atomic E-state index is 5.72. The normalized spacial score (nSPS) is 10.5. The molecule has 0 radical (unpaired) electrons. The lowest BCUT2D eigenvalue weighted by Crippen LogP contribution is -1.82. The topological polar surface area (TPSA) is 63.7 Å². The van der Waals surface area contributed by atoms with Gasteiger partial charge in [0.1, 0.15) is 5.52 Å². The highest BCUT2D eigenvalue weighted by Crippen LogP contribution is 2.19. The molecule has 0 unspecified atom stereocenters. The third-order valence-corrected chi connectivity index (χ3v) is 1.69. The van der Waals surface area contributed by atoms with Crippen molar-refractivity contribution in [1.82, 2.24) is 20.2 Å². The molecule has 0 amide bonds. The van der Waals surface area contributed by atoms with E-state index >= 15 is 0 Å². The van der Waals surface area contributed by atoms with Gasteiger partial charge in [-0.25, -0.2) is 0 Å². The van der Waals surface area contributed by atoms with E-state index in [1.807, 2.05) is 0 Å². The van der Waals surface area contributed by atoms with Crippen LogP contribution >= 0.6 is 11.6 Å². The van der Waals surface area contributed by atoms with Gasteiger partial charge in [0.2, 0.25) is 0 Å². The highest BCUT2D eigenvalue weighted by molar-refractivity contribution is 6.33. The zero-order chi connectivity index (χ0) is 8.55. The largest absolute Gasteiger partial charge is 0.468 e. The molecule has 0 bridgehead atoms. The number of nitrogens with zero attached hydrogens (tertiary/aromatic N) is 3. The standard InChI is InChI=1S/C6H5ClN4O/c1-12-6-9-3-2-8-11-5(7)4(3)10-6/h2H,1H3,(H,9,10). The molecule has 62 valence electrons. The van der Waals surface area contributed by atoms with Crippen molar-refractivity contribution in [2.24, 2.45) is 0 Å². The zero-order valence-electron chi connectivity index (χ0n) is 6.21. The van der Waals surface area contributed by atoms with Gasteiger partial charge < -0.3 is 9.72 Å². The van der Waals surface area contributed by atoms with Crippen LogP contribution in [0.25, 0.3) is 11.0 Å². The number of aromatic amines is 1. The number of methoxy groups -OCH3 is 1. The number of ether oxygens (including phenoxy) is 1. The second-order valence-corrected chi connectivity index (χ2v) is 2.50. The number of aromatic nitrogens is 4. The predicted molar refractivity (Wildman–Crippen MR) is 43.2 cm³/mol. The van der Waals surface area contributed by atoms with Crippen LogP contribution in [-0.2, 0) is 0 Å². The van der Waals surface area contributed by atoms with Crippen molar-refractivity contribution < 1.29 is 4.74 Å². The van der Waals surface area contributed by atoms with E-state index in [0.29, 0.717) is 17.0 Å². The van der Waals surface area contributed by atoms with Gasteiger partial charge in [-0.2, -0.15) is 10.1 Å². The van der Waals surface area contributed by atoms with Crippen molar-refractivity contribution in [3.05, 3.63) is 11.3 Å². The number of imidazole rings is 1. The fraction of sp³-hybridized carbons (Fsp3) is 0.167. The summed E-state index contributed by atoms with van der Waals surface area (Å²) in [6, 6.07) is 0.404. The summed E-state index contributed by atoms with van der Waals surface area (Å²) in [4.78, 5) is 6.88. The Kier molecular flexibility index (Phi) is 1.58. The van der Waals surface area contributed by atoms with E-state index in [1.54, 1.807) is 0 Å². The number of fused-ring (bicyclic) bond motifs is 1. The van der Waals surface area contributed by atoms with Gasteiger partial charge in [0.05, 0.1) is 18.8 Å². The van der Waals surface area contributed by atoms with E-state index < -0.39 is 0 Å². The Labute approximate surface area is 72.7 Å². The molecule has 0 aliphatic rings. The summed E-state index contributed by atoms with van der Waals surface area (Å²) < 4.78 is 4.87. The van der Waals surface area contributed by atoms with Gasteiger partial charge in [-0.1, -0.05) is 11.6 Å². The fourth-order valence-corrected chi connectivity index (χ4v) is 1.08. The lowest BCUT2D eigenvalue weighted by molar-refractivity contribution is 0.386. The number of H-pyrrole nitrogens is 1. The zero-order valence-corrected chi connectivity index (χ0v) is 6.96. The van der Waals surface area contributed by atoms with Crippen LogP contribution in [0, 0.1) is 0 Å². The molecule has 0 atom stereocenters. The average molecular weight is 185 g/mol. The molecule has 0 saturated heterocycles. The maximum Gasteiger partial charge on any atom is 0.294 e. The average Bonchev–Trinajstić information content (AvgIpc) is 2.49. The van der Waals surface area contributed by atoms with E-state index in [4.69, 9.17) is 16.3 Å². The summed E-state index contributed by atoms with van der Waals surface area (Å²) in [5.41, 5.74) is 1.29. The molecule has 0 aliphatic carbocycles. The van der Waals surface area contributed by atoms with Crippen molar-refractivity contribution in [3.8, 4) is 6.01 Å². The first-order valence-corrected chi connectivity index (χ1v) is 3.60. The molecule has 0 saturated carbocycles. The molecule has 2 rings (SSSR count). The minimum atomic E-state index is 0.270. The Morgan fingerprint density at radius 2 is 2.42 bits per heavy atom. The molecule has 12 heavy (non-hydrogen) atoms. The Morgan fingerprint density at radius 3 is 3.08 bits per heavy atom. The quantitative estimate of drug-likeness (QED) is 0.719. The Hall–Kier alpha value is -1.36. The van der Waals surface area contributed by atoms with Gasteiger partial charge in [-0.3, -0.25) is 0 Å². The molecule has 0 fully saturated rings. The molecule has 5 nitrogen and oxygen atoms in total. The van der Waals surface area contributed by atoms with Crippen molar-refractivity contribution in [1.29, 1.82) is 0 Å². The molecular formula is C6H5ClN4O. The summed E-state index contributed by atoms with van der Waals surface area (Å²) in [5.74, 6) is 0. The first-order valence-electron chi connectivity index (χ1n) is 3.22. The van der Waals surface area contributed by atoms with Crippen LogP contribution < -0.4 is 4.74 Å². The van der Waals surface area contributed by atoms with Gasteiger partial charge in [0.15, 0.2) is 5.15 Å². The molecule has 0 aliphatic heterocycles. The lowest BCUT2D eigenvalue weighted by atomic mass is 10.5. The van der Waals surface area contributed by atoms with E-state index in [0.717, 1.165) is 0 Å². The number of nitrogens with one attached hydrogen (secondary N) is 1. The van der Waals surface area contributed by atoms with Crippen molar-refractivity contribution in [2.75, 3.05) is 7.11 Å². The third-order valence-electron chi connectivity index (χ3n) is 1.43. The van der Waals surface area contributed by atoms with Gasteiger partial charge in [0, 0.05) is 0 Å². The van der Waals surface area contributed by atoms with Crippen molar-refractivity contribution in [3.63, 3.8) is 0 Å². The molecule has 6 heteroatoms. The number of rotatable bonds is 1. The predicted octanol–water partition coefficient (Wildman–Crippen LogP) is 1.01. The number of hydrogen-bond donors (Lipinski definition) is 1. The summed E-state index contributed by atoms with van der Waals surface area (Å²) >= 11 is 5.72. The van der Waals surface area contributed by atoms with Crippen LogP contribution in [0.15, 0.2) is 6.20 Å². The van der Waals surface area contributed by atoms with E-state index in [-0.39, 0.29) is 5.15 Å². The fourth-order valence-electron chi connectivity index (χ4n) is 0.896. The van der Waals surface area contributed by atoms with Crippen LogP contribution in [0.5, 0.6) is 6.01 Å². The monoisotopic (exact) mass is 184 g/mol. The Bertz CT molecular complexity index is 413. The summed E-state index contributed by atoms with van der Waals surface area (Å²) in [6.45, 7) is 0. The molecule has 2 aromatic heterocycles. The smallest absolute Gasteiger partial charge is 0.294 e. The number of hydrogen-bond acceptors (Lipinski definition) is 4. The van der Waals surface area contributed by atoms with Gasteiger partial charge in [-0.05, 0) is 0 Å². The third kappa shape index (κ3) is 0.984. The molecule has 0 spiro atoms. The summed E-state index contributed by atoms with van der Waals surface area (Å²) in [6.07, 6.45) is 1.54. The minimum Gasteiger partial charge on any atom is -0.468 e. The van der Waals surface area contributed by atoms with E-state index in [2.05, 4.69) is 20.2 Å². The molecule has 1 N–H and O–H groups in total. The highest BCUT2D eigenvalue weighted by atomic mass is 35.5. The van der Waals surface area contributed by atoms with Crippen LogP contribution in [0.3, 0.4) is 0 Å². The summed E-state index contributed by atoms with van der Waals surface area (Å²) in [5, 5.41) is 7.55. The highest BCUT2D eigenvalue weighted by Gasteiger charge is 2.06. The van der Waals surface area contributed by atoms with Crippen LogP contribution in [0.4, 0.5) is 0 Å². The molecular weight excluding hydrogens is 180 g/mol. The first kappa shape index (κ1) is 7.30. The van der Waals surface area contributed by atoms with Gasteiger partial charge in [-0.15, -0.1) is 5.10 Å². The van der Waals surface area contributed by atoms with Crippen molar-refractivity contribution >= 4 is 22.6 Å². The molecule has 2 aromatic rings. The van der Waals surface area contributed by atoms with Gasteiger partial charge in [0.25, 0.3) is 6.01 Å². The van der Waals surface area contributed by atoms with Crippen LogP contribution in [0.2, 0.25) is 5.15 Å². The second kappa shape index (κ2) is 2.60. The minimum absolute atomic E-state index is 0.270. The first-order chi connectivity index (χ1) is 5.81. The Balaban J connectivity index is 2.74. The second-order valence-electron chi connectivity index (χ2n) is 2.14.